The van der Waals surface area contributed by atoms with Crippen molar-refractivity contribution in [2.24, 2.45) is 5.92 Å². The summed E-state index contributed by atoms with van der Waals surface area (Å²) in [7, 11) is 1.79. The van der Waals surface area contributed by atoms with Crippen LogP contribution in [0.5, 0.6) is 0 Å². The summed E-state index contributed by atoms with van der Waals surface area (Å²) in [5.74, 6) is 0.607. The molecule has 0 bridgehead atoms. The highest BCUT2D eigenvalue weighted by Gasteiger charge is 2.31. The molecule has 0 aromatic rings. The highest BCUT2D eigenvalue weighted by molar-refractivity contribution is 4.84. The highest BCUT2D eigenvalue weighted by Crippen LogP contribution is 2.33. The number of aliphatic hydroxyl groups excluding tert-OH is 1. The summed E-state index contributed by atoms with van der Waals surface area (Å²) in [6.07, 6.45) is 5.08. The van der Waals surface area contributed by atoms with Crippen molar-refractivity contribution in [3.8, 4) is 0 Å². The second kappa shape index (κ2) is 4.60. The van der Waals surface area contributed by atoms with Crippen molar-refractivity contribution in [1.29, 1.82) is 0 Å². The Balaban J connectivity index is 1.67. The van der Waals surface area contributed by atoms with Gasteiger partial charge < -0.3 is 14.7 Å². The smallest absolute Gasteiger partial charge is 0.0695 e. The van der Waals surface area contributed by atoms with E-state index >= 15 is 0 Å². The third-order valence-corrected chi connectivity index (χ3v) is 3.48. The molecule has 0 aromatic heterocycles. The molecule has 0 spiro atoms. The summed E-state index contributed by atoms with van der Waals surface area (Å²) in [6, 6.07) is 0. The molecule has 3 heteroatoms. The molecule has 1 N–H and O–H groups in total. The van der Waals surface area contributed by atoms with Crippen LogP contribution in [-0.4, -0.2) is 49.0 Å². The second-order valence-electron chi connectivity index (χ2n) is 4.64. The Hall–Kier alpha value is -0.120. The molecule has 2 rings (SSSR count). The monoisotopic (exact) mass is 199 g/mol. The minimum atomic E-state index is -0.0749. The quantitative estimate of drug-likeness (QED) is 0.729. The molecule has 1 saturated heterocycles. The number of ether oxygens (including phenoxy) is 1. The van der Waals surface area contributed by atoms with E-state index in [0.29, 0.717) is 12.0 Å². The molecular weight excluding hydrogens is 178 g/mol. The van der Waals surface area contributed by atoms with Crippen LogP contribution in [0.4, 0.5) is 0 Å². The Bertz CT molecular complexity index is 174. The summed E-state index contributed by atoms with van der Waals surface area (Å²) >= 11 is 0. The Kier molecular flexibility index (Phi) is 3.42. The van der Waals surface area contributed by atoms with Gasteiger partial charge in [-0.1, -0.05) is 0 Å². The van der Waals surface area contributed by atoms with Crippen molar-refractivity contribution >= 4 is 0 Å². The molecule has 14 heavy (non-hydrogen) atoms. The summed E-state index contributed by atoms with van der Waals surface area (Å²) < 4.78 is 5.32. The Morgan fingerprint density at radius 1 is 1.29 bits per heavy atom. The van der Waals surface area contributed by atoms with Gasteiger partial charge in [-0.25, -0.2) is 0 Å². The van der Waals surface area contributed by atoms with Crippen LogP contribution < -0.4 is 0 Å². The summed E-state index contributed by atoms with van der Waals surface area (Å²) in [5.41, 5.74) is 0. The average Bonchev–Trinajstić information content (AvgIpc) is 3.02. The van der Waals surface area contributed by atoms with Crippen LogP contribution in [0.1, 0.15) is 25.7 Å². The fourth-order valence-corrected chi connectivity index (χ4v) is 2.22. The lowest BCUT2D eigenvalue weighted by molar-refractivity contribution is 0.0208. The molecule has 0 aromatic carbocycles. The lowest BCUT2D eigenvalue weighted by Crippen LogP contribution is -2.41. The van der Waals surface area contributed by atoms with Crippen LogP contribution in [0, 0.1) is 5.92 Å². The van der Waals surface area contributed by atoms with E-state index in [2.05, 4.69) is 4.90 Å². The molecule has 1 aliphatic carbocycles. The first kappa shape index (κ1) is 10.4. The predicted molar refractivity (Wildman–Crippen MR) is 55.2 cm³/mol. The number of piperidine rings is 1. The molecular formula is C11H21NO2. The second-order valence-corrected chi connectivity index (χ2v) is 4.64. The van der Waals surface area contributed by atoms with Crippen LogP contribution in [0.2, 0.25) is 0 Å². The molecule has 82 valence electrons. The van der Waals surface area contributed by atoms with Gasteiger partial charge in [0.15, 0.2) is 0 Å². The van der Waals surface area contributed by atoms with Crippen molar-refractivity contribution in [3.63, 3.8) is 0 Å². The number of hydrogen-bond acceptors (Lipinski definition) is 3. The maximum Gasteiger partial charge on any atom is 0.0695 e. The minimum Gasteiger partial charge on any atom is -0.392 e. The third-order valence-electron chi connectivity index (χ3n) is 3.48. The Morgan fingerprint density at radius 2 is 1.93 bits per heavy atom. The van der Waals surface area contributed by atoms with Gasteiger partial charge in [0.1, 0.15) is 0 Å². The van der Waals surface area contributed by atoms with Crippen molar-refractivity contribution in [2.75, 3.05) is 26.7 Å². The van der Waals surface area contributed by atoms with Crippen LogP contribution >= 0.6 is 0 Å². The zero-order valence-electron chi connectivity index (χ0n) is 8.98. The molecule has 1 saturated carbocycles. The molecule has 0 amide bonds. The van der Waals surface area contributed by atoms with Crippen molar-refractivity contribution < 1.29 is 9.84 Å². The Morgan fingerprint density at radius 3 is 2.43 bits per heavy atom. The number of rotatable bonds is 4. The number of nitrogens with zero attached hydrogens (tertiary/aromatic N) is 1. The standard InChI is InChI=1S/C11H21NO2/c1-14-10-4-6-12(7-5-10)8-11(13)9-2-3-9/h9-11,13H,2-8H2,1H3. The fraction of sp³-hybridized carbons (Fsp3) is 1.00. The maximum atomic E-state index is 9.79. The summed E-state index contributed by atoms with van der Waals surface area (Å²) in [5, 5.41) is 9.79. The van der Waals surface area contributed by atoms with Gasteiger partial charge in [-0.05, 0) is 31.6 Å². The topological polar surface area (TPSA) is 32.7 Å². The molecule has 0 radical (unpaired) electrons. The van der Waals surface area contributed by atoms with Gasteiger partial charge in [0.25, 0.3) is 0 Å². The van der Waals surface area contributed by atoms with Crippen LogP contribution in [0.15, 0.2) is 0 Å². The first-order chi connectivity index (χ1) is 6.79. The van der Waals surface area contributed by atoms with Gasteiger partial charge in [-0.15, -0.1) is 0 Å². The van der Waals surface area contributed by atoms with Gasteiger partial charge >= 0.3 is 0 Å². The van der Waals surface area contributed by atoms with Gasteiger partial charge in [0.2, 0.25) is 0 Å². The van der Waals surface area contributed by atoms with Crippen molar-refractivity contribution in [2.45, 2.75) is 37.9 Å². The fourth-order valence-electron chi connectivity index (χ4n) is 2.22. The third kappa shape index (κ3) is 2.69. The van der Waals surface area contributed by atoms with E-state index in [1.165, 1.54) is 12.8 Å². The lowest BCUT2D eigenvalue weighted by atomic mass is 10.1. The number of β-amino-alcohol motifs (C(OH)–C–C–N with tert-alkyl or cyclic N) is 1. The summed E-state index contributed by atoms with van der Waals surface area (Å²) in [6.45, 7) is 3.05. The summed E-state index contributed by atoms with van der Waals surface area (Å²) in [4.78, 5) is 2.37. The molecule has 1 unspecified atom stereocenters. The lowest BCUT2D eigenvalue weighted by Gasteiger charge is -2.32. The van der Waals surface area contributed by atoms with E-state index in [0.717, 1.165) is 32.5 Å². The van der Waals surface area contributed by atoms with E-state index in [9.17, 15) is 5.11 Å². The van der Waals surface area contributed by atoms with E-state index < -0.39 is 0 Å². The maximum absolute atomic E-state index is 9.79. The molecule has 2 fully saturated rings. The zero-order chi connectivity index (χ0) is 9.97. The normalized spacial score (nSPS) is 27.9. The minimum absolute atomic E-state index is 0.0749. The van der Waals surface area contributed by atoms with Gasteiger partial charge in [0.05, 0.1) is 12.2 Å². The van der Waals surface area contributed by atoms with E-state index in [1.807, 2.05) is 0 Å². The number of methoxy groups -OCH3 is 1. The Labute approximate surface area is 86.0 Å². The largest absolute Gasteiger partial charge is 0.392 e. The van der Waals surface area contributed by atoms with Gasteiger partial charge in [0, 0.05) is 26.7 Å². The molecule has 1 atom stereocenters. The van der Waals surface area contributed by atoms with Gasteiger partial charge in [-0.3, -0.25) is 0 Å². The van der Waals surface area contributed by atoms with Crippen molar-refractivity contribution in [1.82, 2.24) is 4.90 Å². The molecule has 2 aliphatic rings. The molecule has 3 nitrogen and oxygen atoms in total. The first-order valence-electron chi connectivity index (χ1n) is 5.73. The number of likely N-dealkylation sites (tertiary alicyclic amines) is 1. The zero-order valence-corrected chi connectivity index (χ0v) is 8.98. The van der Waals surface area contributed by atoms with Gasteiger partial charge in [-0.2, -0.15) is 0 Å². The molecule has 1 aliphatic heterocycles. The highest BCUT2D eigenvalue weighted by atomic mass is 16.5. The number of aliphatic hydroxyl groups is 1. The van der Waals surface area contributed by atoms with E-state index in [-0.39, 0.29) is 6.10 Å². The predicted octanol–water partition coefficient (Wildman–Crippen LogP) is 0.868. The average molecular weight is 199 g/mol. The van der Waals surface area contributed by atoms with E-state index in [4.69, 9.17) is 4.74 Å². The number of hydrogen-bond donors (Lipinski definition) is 1. The molecule has 1 heterocycles. The van der Waals surface area contributed by atoms with E-state index in [1.54, 1.807) is 7.11 Å². The SMILES string of the molecule is COC1CCN(CC(O)C2CC2)CC1. The first-order valence-corrected chi connectivity index (χ1v) is 5.73. The van der Waals surface area contributed by atoms with Crippen molar-refractivity contribution in [3.05, 3.63) is 0 Å². The van der Waals surface area contributed by atoms with Crippen LogP contribution in [-0.2, 0) is 4.74 Å². The van der Waals surface area contributed by atoms with Crippen LogP contribution in [0.25, 0.3) is 0 Å². The van der Waals surface area contributed by atoms with Crippen LogP contribution in [0.3, 0.4) is 0 Å².